The van der Waals surface area contributed by atoms with Crippen LogP contribution in [0, 0.1) is 0 Å². The molecule has 1 aromatic carbocycles. The molecule has 112 valence electrons. The zero-order valence-corrected chi connectivity index (χ0v) is 12.8. The summed E-state index contributed by atoms with van der Waals surface area (Å²) in [7, 11) is 1.89. The first-order chi connectivity index (χ1) is 10.2. The lowest BCUT2D eigenvalue weighted by atomic mass is 10.1. The Labute approximate surface area is 126 Å². The van der Waals surface area contributed by atoms with E-state index in [1.165, 1.54) is 16.5 Å². The fourth-order valence-corrected chi connectivity index (χ4v) is 2.56. The van der Waals surface area contributed by atoms with Gasteiger partial charge in [0, 0.05) is 37.1 Å². The van der Waals surface area contributed by atoms with Gasteiger partial charge in [-0.15, -0.1) is 6.58 Å². The van der Waals surface area contributed by atoms with Crippen molar-refractivity contribution in [3.05, 3.63) is 48.7 Å². The summed E-state index contributed by atoms with van der Waals surface area (Å²) in [6.45, 7) is 4.52. The Morgan fingerprint density at radius 1 is 1.33 bits per heavy atom. The summed E-state index contributed by atoms with van der Waals surface area (Å²) in [6.07, 6.45) is 8.37. The molecule has 0 fully saturated rings. The lowest BCUT2D eigenvalue weighted by Crippen LogP contribution is -2.27. The molecule has 0 saturated carbocycles. The van der Waals surface area contributed by atoms with Gasteiger partial charge in [-0.3, -0.25) is 4.79 Å². The molecule has 0 aliphatic carbocycles. The van der Waals surface area contributed by atoms with Gasteiger partial charge in [0.05, 0.1) is 0 Å². The van der Waals surface area contributed by atoms with E-state index >= 15 is 0 Å². The number of nitrogens with zero attached hydrogens (tertiary/aromatic N) is 1. The number of fused-ring (bicyclic) bond motifs is 1. The molecule has 0 saturated heterocycles. The summed E-state index contributed by atoms with van der Waals surface area (Å²) in [4.78, 5) is 17.1. The van der Waals surface area contributed by atoms with E-state index in [1.807, 2.05) is 24.1 Å². The SMILES string of the molecule is C=CCCCN(C)C(=O)CCCc1c[nH]c2ccccc12. The molecule has 0 spiro atoms. The van der Waals surface area contributed by atoms with E-state index in [0.29, 0.717) is 6.42 Å². The Hall–Kier alpha value is -2.03. The highest BCUT2D eigenvalue weighted by molar-refractivity contribution is 5.83. The molecule has 0 bridgehead atoms. The average molecular weight is 284 g/mol. The van der Waals surface area contributed by atoms with E-state index in [9.17, 15) is 4.79 Å². The molecule has 0 radical (unpaired) electrons. The Morgan fingerprint density at radius 3 is 2.95 bits per heavy atom. The second-order valence-electron chi connectivity index (χ2n) is 5.46. The van der Waals surface area contributed by atoms with E-state index in [-0.39, 0.29) is 5.91 Å². The van der Waals surface area contributed by atoms with Gasteiger partial charge in [0.15, 0.2) is 0 Å². The Kier molecular flexibility index (Phi) is 5.61. The number of H-pyrrole nitrogens is 1. The fraction of sp³-hybridized carbons (Fsp3) is 0.389. The number of amides is 1. The van der Waals surface area contributed by atoms with Crippen LogP contribution in [0.1, 0.15) is 31.2 Å². The van der Waals surface area contributed by atoms with Crippen LogP contribution in [0.4, 0.5) is 0 Å². The minimum atomic E-state index is 0.235. The molecular weight excluding hydrogens is 260 g/mol. The van der Waals surface area contributed by atoms with Crippen molar-refractivity contribution >= 4 is 16.8 Å². The molecular formula is C18H24N2O. The maximum absolute atomic E-state index is 12.0. The van der Waals surface area contributed by atoms with E-state index < -0.39 is 0 Å². The van der Waals surface area contributed by atoms with Crippen LogP contribution in [0.25, 0.3) is 10.9 Å². The van der Waals surface area contributed by atoms with E-state index in [2.05, 4.69) is 36.0 Å². The van der Waals surface area contributed by atoms with Gasteiger partial charge in [0.2, 0.25) is 5.91 Å². The first-order valence-electron chi connectivity index (χ1n) is 7.62. The lowest BCUT2D eigenvalue weighted by Gasteiger charge is -2.16. The number of aromatic amines is 1. The fourth-order valence-electron chi connectivity index (χ4n) is 2.56. The maximum atomic E-state index is 12.0. The van der Waals surface area contributed by atoms with Crippen molar-refractivity contribution in [2.45, 2.75) is 32.1 Å². The number of benzene rings is 1. The molecule has 1 N–H and O–H groups in total. The molecule has 1 aromatic heterocycles. The Morgan fingerprint density at radius 2 is 2.14 bits per heavy atom. The number of allylic oxidation sites excluding steroid dienone is 1. The second kappa shape index (κ2) is 7.67. The Balaban J connectivity index is 1.78. The average Bonchev–Trinajstić information content (AvgIpc) is 2.91. The smallest absolute Gasteiger partial charge is 0.222 e. The first-order valence-corrected chi connectivity index (χ1v) is 7.62. The van der Waals surface area contributed by atoms with Crippen molar-refractivity contribution in [2.24, 2.45) is 0 Å². The lowest BCUT2D eigenvalue weighted by molar-refractivity contribution is -0.130. The number of carbonyl (C=O) groups excluding carboxylic acids is 1. The quantitative estimate of drug-likeness (QED) is 0.579. The summed E-state index contributed by atoms with van der Waals surface area (Å²) in [6, 6.07) is 8.30. The third kappa shape index (κ3) is 4.22. The van der Waals surface area contributed by atoms with Gasteiger partial charge in [-0.05, 0) is 37.3 Å². The number of hydrogen-bond acceptors (Lipinski definition) is 1. The van der Waals surface area contributed by atoms with Crippen molar-refractivity contribution in [1.82, 2.24) is 9.88 Å². The van der Waals surface area contributed by atoms with Crippen molar-refractivity contribution in [2.75, 3.05) is 13.6 Å². The van der Waals surface area contributed by atoms with Gasteiger partial charge >= 0.3 is 0 Å². The minimum absolute atomic E-state index is 0.235. The Bertz CT molecular complexity index is 600. The highest BCUT2D eigenvalue weighted by Gasteiger charge is 2.09. The molecule has 0 unspecified atom stereocenters. The number of aryl methyl sites for hydroxylation is 1. The van der Waals surface area contributed by atoms with Crippen LogP contribution in [0.15, 0.2) is 43.1 Å². The molecule has 21 heavy (non-hydrogen) atoms. The largest absolute Gasteiger partial charge is 0.361 e. The predicted molar refractivity (Wildman–Crippen MR) is 88.3 cm³/mol. The number of para-hydroxylation sites is 1. The molecule has 3 heteroatoms. The number of nitrogens with one attached hydrogen (secondary N) is 1. The molecule has 2 rings (SSSR count). The zero-order valence-electron chi connectivity index (χ0n) is 12.8. The molecule has 0 atom stereocenters. The van der Waals surface area contributed by atoms with E-state index in [4.69, 9.17) is 0 Å². The normalized spacial score (nSPS) is 10.7. The van der Waals surface area contributed by atoms with Gasteiger partial charge in [-0.2, -0.15) is 0 Å². The zero-order chi connectivity index (χ0) is 15.1. The van der Waals surface area contributed by atoms with Crippen molar-refractivity contribution in [1.29, 1.82) is 0 Å². The van der Waals surface area contributed by atoms with Gasteiger partial charge in [0.1, 0.15) is 0 Å². The van der Waals surface area contributed by atoms with Crippen molar-refractivity contribution in [3.8, 4) is 0 Å². The van der Waals surface area contributed by atoms with Crippen LogP contribution in [0.5, 0.6) is 0 Å². The number of hydrogen-bond donors (Lipinski definition) is 1. The third-order valence-electron chi connectivity index (χ3n) is 3.84. The molecule has 3 nitrogen and oxygen atoms in total. The van der Waals surface area contributed by atoms with Gasteiger partial charge in [-0.25, -0.2) is 0 Å². The molecule has 2 aromatic rings. The monoisotopic (exact) mass is 284 g/mol. The van der Waals surface area contributed by atoms with Crippen LogP contribution in [-0.2, 0) is 11.2 Å². The predicted octanol–water partition coefficient (Wildman–Crippen LogP) is 3.92. The summed E-state index contributed by atoms with van der Waals surface area (Å²) in [5.74, 6) is 0.235. The minimum Gasteiger partial charge on any atom is -0.361 e. The van der Waals surface area contributed by atoms with E-state index in [1.54, 1.807) is 0 Å². The summed E-state index contributed by atoms with van der Waals surface area (Å²) in [5.41, 5.74) is 2.47. The molecule has 1 amide bonds. The third-order valence-corrected chi connectivity index (χ3v) is 3.84. The summed E-state index contributed by atoms with van der Waals surface area (Å²) >= 11 is 0. The maximum Gasteiger partial charge on any atom is 0.222 e. The number of aromatic nitrogens is 1. The molecule has 0 aliphatic heterocycles. The van der Waals surface area contributed by atoms with Crippen molar-refractivity contribution < 1.29 is 4.79 Å². The van der Waals surface area contributed by atoms with Crippen molar-refractivity contribution in [3.63, 3.8) is 0 Å². The topological polar surface area (TPSA) is 36.1 Å². The second-order valence-corrected chi connectivity index (χ2v) is 5.46. The number of unbranched alkanes of at least 4 members (excludes halogenated alkanes) is 1. The van der Waals surface area contributed by atoms with Gasteiger partial charge < -0.3 is 9.88 Å². The number of rotatable bonds is 8. The summed E-state index contributed by atoms with van der Waals surface area (Å²) in [5, 5.41) is 1.27. The molecule has 0 aliphatic rings. The standard InChI is InChI=1S/C18H24N2O/c1-3-4-7-13-20(2)18(21)12-8-9-15-14-19-17-11-6-5-10-16(15)17/h3,5-6,10-11,14,19H,1,4,7-9,12-13H2,2H3. The summed E-state index contributed by atoms with van der Waals surface area (Å²) < 4.78 is 0. The van der Waals surface area contributed by atoms with Gasteiger partial charge in [0.25, 0.3) is 0 Å². The van der Waals surface area contributed by atoms with Gasteiger partial charge in [-0.1, -0.05) is 24.3 Å². The van der Waals surface area contributed by atoms with Crippen LogP contribution >= 0.6 is 0 Å². The van der Waals surface area contributed by atoms with Crippen LogP contribution in [0.3, 0.4) is 0 Å². The number of carbonyl (C=O) groups is 1. The van der Waals surface area contributed by atoms with Crippen LogP contribution in [0.2, 0.25) is 0 Å². The first kappa shape index (κ1) is 15.4. The highest BCUT2D eigenvalue weighted by atomic mass is 16.2. The van der Waals surface area contributed by atoms with Crippen LogP contribution in [-0.4, -0.2) is 29.4 Å². The van der Waals surface area contributed by atoms with E-state index in [0.717, 1.165) is 32.2 Å². The van der Waals surface area contributed by atoms with Crippen LogP contribution < -0.4 is 0 Å². The highest BCUT2D eigenvalue weighted by Crippen LogP contribution is 2.19. The molecule has 1 heterocycles.